The lowest BCUT2D eigenvalue weighted by atomic mass is 10.2. The molecule has 17 heavy (non-hydrogen) atoms. The minimum atomic E-state index is 0.457. The highest BCUT2D eigenvalue weighted by Gasteiger charge is 2.23. The van der Waals surface area contributed by atoms with Gasteiger partial charge in [-0.15, -0.1) is 0 Å². The van der Waals surface area contributed by atoms with E-state index in [1.54, 1.807) is 7.11 Å². The smallest absolute Gasteiger partial charge is 0.0700 e. The fourth-order valence-electron chi connectivity index (χ4n) is 2.22. The van der Waals surface area contributed by atoms with Crippen molar-refractivity contribution < 1.29 is 14.2 Å². The van der Waals surface area contributed by atoms with Crippen molar-refractivity contribution in [2.24, 2.45) is 0 Å². The molecule has 0 aromatic heterocycles. The van der Waals surface area contributed by atoms with Crippen molar-refractivity contribution in [1.29, 1.82) is 0 Å². The van der Waals surface area contributed by atoms with E-state index in [1.807, 2.05) is 0 Å². The van der Waals surface area contributed by atoms with Crippen molar-refractivity contribution in [3.8, 4) is 0 Å². The van der Waals surface area contributed by atoms with Crippen molar-refractivity contribution >= 4 is 0 Å². The molecule has 2 atom stereocenters. The summed E-state index contributed by atoms with van der Waals surface area (Å²) in [6, 6.07) is 0.669. The van der Waals surface area contributed by atoms with E-state index in [-0.39, 0.29) is 0 Å². The Kier molecular flexibility index (Phi) is 8.61. The molecule has 1 rings (SSSR count). The monoisotopic (exact) mass is 245 g/mol. The largest absolute Gasteiger partial charge is 0.382 e. The second kappa shape index (κ2) is 9.83. The first-order valence-electron chi connectivity index (χ1n) is 6.78. The van der Waals surface area contributed by atoms with Crippen LogP contribution in [0, 0.1) is 0 Å². The van der Waals surface area contributed by atoms with Gasteiger partial charge >= 0.3 is 0 Å². The number of nitrogens with one attached hydrogen (secondary N) is 1. The van der Waals surface area contributed by atoms with Crippen molar-refractivity contribution in [3.05, 3.63) is 0 Å². The van der Waals surface area contributed by atoms with E-state index in [9.17, 15) is 0 Å². The summed E-state index contributed by atoms with van der Waals surface area (Å²) in [5.74, 6) is 0. The lowest BCUT2D eigenvalue weighted by molar-refractivity contribution is 0.0256. The molecule has 0 aromatic carbocycles. The number of hydrogen-bond donors (Lipinski definition) is 1. The van der Waals surface area contributed by atoms with Gasteiger partial charge in [-0.3, -0.25) is 0 Å². The number of hydrogen-bond acceptors (Lipinski definition) is 4. The van der Waals surface area contributed by atoms with E-state index >= 15 is 0 Å². The Balaban J connectivity index is 1.87. The zero-order valence-corrected chi connectivity index (χ0v) is 11.2. The van der Waals surface area contributed by atoms with Gasteiger partial charge < -0.3 is 19.5 Å². The maximum absolute atomic E-state index is 5.83. The highest BCUT2D eigenvalue weighted by molar-refractivity contribution is 4.80. The summed E-state index contributed by atoms with van der Waals surface area (Å²) in [6.45, 7) is 6.16. The van der Waals surface area contributed by atoms with Gasteiger partial charge in [0.1, 0.15) is 0 Å². The molecule has 0 heterocycles. The van der Waals surface area contributed by atoms with Crippen LogP contribution in [0.2, 0.25) is 0 Å². The Morgan fingerprint density at radius 1 is 1.12 bits per heavy atom. The molecule has 1 aliphatic carbocycles. The predicted molar refractivity (Wildman–Crippen MR) is 68.4 cm³/mol. The van der Waals surface area contributed by atoms with Crippen LogP contribution < -0.4 is 5.32 Å². The third-order valence-electron chi connectivity index (χ3n) is 3.10. The number of ether oxygens (including phenoxy) is 3. The van der Waals surface area contributed by atoms with Crippen LogP contribution in [-0.4, -0.2) is 52.2 Å². The molecule has 0 saturated heterocycles. The highest BCUT2D eigenvalue weighted by atomic mass is 16.5. The van der Waals surface area contributed by atoms with Crippen LogP contribution in [0.15, 0.2) is 0 Å². The summed E-state index contributed by atoms with van der Waals surface area (Å²) in [6.07, 6.45) is 5.05. The van der Waals surface area contributed by atoms with E-state index in [0.29, 0.717) is 25.4 Å². The van der Waals surface area contributed by atoms with Crippen LogP contribution in [0.1, 0.15) is 32.6 Å². The molecule has 0 bridgehead atoms. The maximum atomic E-state index is 5.83. The highest BCUT2D eigenvalue weighted by Crippen LogP contribution is 2.21. The van der Waals surface area contributed by atoms with Crippen molar-refractivity contribution in [3.63, 3.8) is 0 Å². The molecule has 0 aliphatic heterocycles. The first-order chi connectivity index (χ1) is 8.36. The van der Waals surface area contributed by atoms with Crippen LogP contribution in [0.4, 0.5) is 0 Å². The lowest BCUT2D eigenvalue weighted by Gasteiger charge is -2.13. The normalized spacial score (nSPS) is 24.4. The Labute approximate surface area is 105 Å². The van der Waals surface area contributed by atoms with Gasteiger partial charge in [0, 0.05) is 26.4 Å². The zero-order valence-electron chi connectivity index (χ0n) is 11.2. The maximum Gasteiger partial charge on any atom is 0.0700 e. The van der Waals surface area contributed by atoms with Crippen LogP contribution >= 0.6 is 0 Å². The van der Waals surface area contributed by atoms with E-state index in [1.165, 1.54) is 19.3 Å². The standard InChI is InChI=1S/C13H27NO3/c1-3-14-12-5-6-13(11-12)17-8-4-7-16-10-9-15-2/h12-14H,3-11H2,1-2H3. The molecule has 0 spiro atoms. The summed E-state index contributed by atoms with van der Waals surface area (Å²) in [4.78, 5) is 0. The summed E-state index contributed by atoms with van der Waals surface area (Å²) >= 11 is 0. The SMILES string of the molecule is CCNC1CCC(OCCCOCCOC)C1. The van der Waals surface area contributed by atoms with Gasteiger partial charge in [-0.25, -0.2) is 0 Å². The number of rotatable bonds is 10. The van der Waals surface area contributed by atoms with E-state index in [4.69, 9.17) is 14.2 Å². The van der Waals surface area contributed by atoms with Crippen LogP contribution in [0.25, 0.3) is 0 Å². The van der Waals surface area contributed by atoms with E-state index in [2.05, 4.69) is 12.2 Å². The molecule has 2 unspecified atom stereocenters. The molecule has 102 valence electrons. The van der Waals surface area contributed by atoms with Gasteiger partial charge in [0.2, 0.25) is 0 Å². The van der Waals surface area contributed by atoms with Crippen molar-refractivity contribution in [2.75, 3.05) is 40.1 Å². The summed E-state index contributed by atoms with van der Waals surface area (Å²) in [5.41, 5.74) is 0. The molecule has 1 saturated carbocycles. The molecule has 4 heteroatoms. The Morgan fingerprint density at radius 3 is 2.76 bits per heavy atom. The number of methoxy groups -OCH3 is 1. The Bertz CT molecular complexity index is 178. The zero-order chi connectivity index (χ0) is 12.3. The van der Waals surface area contributed by atoms with E-state index in [0.717, 1.165) is 26.2 Å². The average Bonchev–Trinajstić information content (AvgIpc) is 2.76. The third-order valence-corrected chi connectivity index (χ3v) is 3.10. The first-order valence-corrected chi connectivity index (χ1v) is 6.78. The topological polar surface area (TPSA) is 39.7 Å². The lowest BCUT2D eigenvalue weighted by Crippen LogP contribution is -2.26. The first kappa shape index (κ1) is 14.9. The molecule has 1 fully saturated rings. The summed E-state index contributed by atoms with van der Waals surface area (Å²) in [7, 11) is 1.69. The Morgan fingerprint density at radius 2 is 2.00 bits per heavy atom. The fourth-order valence-corrected chi connectivity index (χ4v) is 2.22. The molecular weight excluding hydrogens is 218 g/mol. The van der Waals surface area contributed by atoms with Gasteiger partial charge in [0.05, 0.1) is 19.3 Å². The Hall–Kier alpha value is -0.160. The van der Waals surface area contributed by atoms with Crippen LogP contribution in [0.3, 0.4) is 0 Å². The quantitative estimate of drug-likeness (QED) is 0.593. The van der Waals surface area contributed by atoms with Gasteiger partial charge in [-0.1, -0.05) is 6.92 Å². The van der Waals surface area contributed by atoms with Crippen LogP contribution in [-0.2, 0) is 14.2 Å². The molecule has 1 N–H and O–H groups in total. The van der Waals surface area contributed by atoms with Crippen molar-refractivity contribution in [2.45, 2.75) is 44.8 Å². The minimum Gasteiger partial charge on any atom is -0.382 e. The van der Waals surface area contributed by atoms with Gasteiger partial charge in [0.15, 0.2) is 0 Å². The van der Waals surface area contributed by atoms with Crippen LogP contribution in [0.5, 0.6) is 0 Å². The average molecular weight is 245 g/mol. The summed E-state index contributed by atoms with van der Waals surface area (Å²) < 4.78 is 16.1. The van der Waals surface area contributed by atoms with Crippen molar-refractivity contribution in [1.82, 2.24) is 5.32 Å². The molecule has 4 nitrogen and oxygen atoms in total. The van der Waals surface area contributed by atoms with E-state index < -0.39 is 0 Å². The third kappa shape index (κ3) is 6.99. The molecule has 0 amide bonds. The molecule has 0 radical (unpaired) electrons. The fraction of sp³-hybridized carbons (Fsp3) is 1.00. The van der Waals surface area contributed by atoms with Gasteiger partial charge in [-0.2, -0.15) is 0 Å². The van der Waals surface area contributed by atoms with Gasteiger partial charge in [0.25, 0.3) is 0 Å². The van der Waals surface area contributed by atoms with Gasteiger partial charge in [-0.05, 0) is 32.2 Å². The summed E-state index contributed by atoms with van der Waals surface area (Å²) in [5, 5.41) is 3.48. The second-order valence-corrected chi connectivity index (χ2v) is 4.52. The molecular formula is C13H27NO3. The molecule has 0 aromatic rings. The predicted octanol–water partition coefficient (Wildman–Crippen LogP) is 1.59. The minimum absolute atomic E-state index is 0.457. The molecule has 1 aliphatic rings. The second-order valence-electron chi connectivity index (χ2n) is 4.52.